The van der Waals surface area contributed by atoms with Crippen LogP contribution in [0.3, 0.4) is 0 Å². The Morgan fingerprint density at radius 3 is 2.83 bits per heavy atom. The molecule has 8 heteroatoms. The van der Waals surface area contributed by atoms with Crippen LogP contribution in [0.25, 0.3) is 0 Å². The third-order valence-electron chi connectivity index (χ3n) is 2.00. The summed E-state index contributed by atoms with van der Waals surface area (Å²) in [5, 5.41) is 11.7. The van der Waals surface area contributed by atoms with Gasteiger partial charge in [-0.3, -0.25) is 4.79 Å². The van der Waals surface area contributed by atoms with Crippen LogP contribution in [0.4, 0.5) is 14.5 Å². The molecule has 1 aromatic heterocycles. The van der Waals surface area contributed by atoms with Crippen LogP contribution in [0.5, 0.6) is 5.75 Å². The second kappa shape index (κ2) is 5.21. The molecule has 94 valence electrons. The van der Waals surface area contributed by atoms with Crippen molar-refractivity contribution in [2.45, 2.75) is 6.61 Å². The van der Waals surface area contributed by atoms with Crippen LogP contribution in [0, 0.1) is 0 Å². The number of alkyl halides is 2. The van der Waals surface area contributed by atoms with Crippen molar-refractivity contribution in [3.63, 3.8) is 0 Å². The zero-order chi connectivity index (χ0) is 13.0. The van der Waals surface area contributed by atoms with Gasteiger partial charge in [0.15, 0.2) is 5.69 Å². The maximum absolute atomic E-state index is 12.1. The number of para-hydroxylation sites is 2. The molecule has 2 rings (SSSR count). The van der Waals surface area contributed by atoms with Crippen molar-refractivity contribution in [1.82, 2.24) is 15.4 Å². The van der Waals surface area contributed by atoms with E-state index >= 15 is 0 Å². The van der Waals surface area contributed by atoms with Crippen molar-refractivity contribution in [2.75, 3.05) is 5.32 Å². The van der Waals surface area contributed by atoms with Gasteiger partial charge in [-0.25, -0.2) is 0 Å². The normalized spacial score (nSPS) is 10.4. The zero-order valence-corrected chi connectivity index (χ0v) is 8.93. The van der Waals surface area contributed by atoms with Crippen LogP contribution < -0.4 is 10.1 Å². The fourth-order valence-corrected chi connectivity index (χ4v) is 1.27. The smallest absolute Gasteiger partial charge is 0.387 e. The van der Waals surface area contributed by atoms with Crippen LogP contribution in [0.1, 0.15) is 10.5 Å². The fourth-order valence-electron chi connectivity index (χ4n) is 1.27. The predicted octanol–water partition coefficient (Wildman–Crippen LogP) is 1.66. The number of carbonyl (C=O) groups is 1. The first-order valence-electron chi connectivity index (χ1n) is 4.88. The summed E-state index contributed by atoms with van der Waals surface area (Å²) in [5.41, 5.74) is 0.174. The van der Waals surface area contributed by atoms with Gasteiger partial charge in [0.1, 0.15) is 5.75 Å². The van der Waals surface area contributed by atoms with Crippen LogP contribution in [0.15, 0.2) is 30.5 Å². The molecular formula is C10H8F2N4O2. The average Bonchev–Trinajstić information content (AvgIpc) is 2.84. The number of nitrogens with one attached hydrogen (secondary N) is 2. The highest BCUT2D eigenvalue weighted by atomic mass is 19.3. The average molecular weight is 254 g/mol. The number of aromatic amines is 1. The largest absolute Gasteiger partial charge is 0.433 e. The Balaban J connectivity index is 2.16. The highest BCUT2D eigenvalue weighted by Crippen LogP contribution is 2.25. The Morgan fingerprint density at radius 2 is 2.17 bits per heavy atom. The molecule has 1 heterocycles. The molecule has 0 atom stereocenters. The highest BCUT2D eigenvalue weighted by Gasteiger charge is 2.13. The Hall–Kier alpha value is -2.51. The molecule has 0 aliphatic rings. The summed E-state index contributed by atoms with van der Waals surface area (Å²) < 4.78 is 28.6. The highest BCUT2D eigenvalue weighted by molar-refractivity contribution is 6.03. The van der Waals surface area contributed by atoms with Gasteiger partial charge in [-0.15, -0.1) is 0 Å². The topological polar surface area (TPSA) is 79.9 Å². The lowest BCUT2D eigenvalue weighted by molar-refractivity contribution is -0.0493. The molecule has 1 amide bonds. The van der Waals surface area contributed by atoms with Crippen LogP contribution in [-0.2, 0) is 0 Å². The van der Waals surface area contributed by atoms with Crippen LogP contribution >= 0.6 is 0 Å². The molecule has 0 saturated heterocycles. The van der Waals surface area contributed by atoms with Gasteiger partial charge >= 0.3 is 6.61 Å². The summed E-state index contributed by atoms with van der Waals surface area (Å²) in [6.07, 6.45) is 1.21. The standard InChI is InChI=1S/C10H8F2N4O2/c11-10(12)18-8-4-2-1-3-6(8)14-9(17)7-5-13-16-15-7/h1-5,10H,(H,14,17)(H,13,15,16). The first-order chi connectivity index (χ1) is 8.66. The molecule has 0 radical (unpaired) electrons. The van der Waals surface area contributed by atoms with Gasteiger partial charge < -0.3 is 10.1 Å². The number of halogens is 2. The van der Waals surface area contributed by atoms with E-state index in [0.29, 0.717) is 0 Å². The second-order valence-corrected chi connectivity index (χ2v) is 3.18. The molecule has 0 unspecified atom stereocenters. The lowest BCUT2D eigenvalue weighted by Gasteiger charge is -2.10. The molecule has 0 aliphatic carbocycles. The number of amides is 1. The van der Waals surface area contributed by atoms with E-state index in [0.717, 1.165) is 0 Å². The number of ether oxygens (including phenoxy) is 1. The molecule has 0 saturated carbocycles. The number of nitrogens with zero attached hydrogens (tertiary/aromatic N) is 2. The van der Waals surface area contributed by atoms with Gasteiger partial charge in [-0.1, -0.05) is 12.1 Å². The molecule has 2 N–H and O–H groups in total. The summed E-state index contributed by atoms with van der Waals surface area (Å²) in [5.74, 6) is -0.696. The van der Waals surface area contributed by atoms with E-state index < -0.39 is 12.5 Å². The summed E-state index contributed by atoms with van der Waals surface area (Å²) in [6, 6.07) is 5.86. The van der Waals surface area contributed by atoms with E-state index in [1.807, 2.05) is 0 Å². The van der Waals surface area contributed by atoms with Gasteiger partial charge in [0.2, 0.25) is 0 Å². The van der Waals surface area contributed by atoms with E-state index in [1.54, 1.807) is 6.07 Å². The van der Waals surface area contributed by atoms with Gasteiger partial charge in [-0.05, 0) is 12.1 Å². The molecule has 1 aromatic carbocycles. The molecule has 2 aromatic rings. The Morgan fingerprint density at radius 1 is 1.39 bits per heavy atom. The molecule has 0 aliphatic heterocycles. The minimum absolute atomic E-state index is 0.0434. The second-order valence-electron chi connectivity index (χ2n) is 3.18. The summed E-state index contributed by atoms with van der Waals surface area (Å²) in [7, 11) is 0. The summed E-state index contributed by atoms with van der Waals surface area (Å²) >= 11 is 0. The van der Waals surface area contributed by atoms with Crippen molar-refractivity contribution in [3.05, 3.63) is 36.2 Å². The van der Waals surface area contributed by atoms with E-state index in [1.165, 1.54) is 24.4 Å². The number of hydrogen-bond donors (Lipinski definition) is 2. The minimum Gasteiger partial charge on any atom is -0.433 e. The number of hydrogen-bond acceptors (Lipinski definition) is 4. The monoisotopic (exact) mass is 254 g/mol. The quantitative estimate of drug-likeness (QED) is 0.869. The maximum atomic E-state index is 12.1. The summed E-state index contributed by atoms with van der Waals surface area (Å²) in [4.78, 5) is 11.6. The van der Waals surface area contributed by atoms with Gasteiger partial charge in [0.25, 0.3) is 5.91 Å². The van der Waals surface area contributed by atoms with Crippen molar-refractivity contribution < 1.29 is 18.3 Å². The van der Waals surface area contributed by atoms with E-state index in [-0.39, 0.29) is 17.1 Å². The summed E-state index contributed by atoms with van der Waals surface area (Å²) in [6.45, 7) is -2.96. The van der Waals surface area contributed by atoms with Crippen LogP contribution in [-0.4, -0.2) is 27.9 Å². The lowest BCUT2D eigenvalue weighted by atomic mass is 10.3. The Bertz CT molecular complexity index is 530. The predicted molar refractivity (Wildman–Crippen MR) is 57.4 cm³/mol. The SMILES string of the molecule is O=C(Nc1ccccc1OC(F)F)c1cn[nH]n1. The zero-order valence-electron chi connectivity index (χ0n) is 8.93. The van der Waals surface area contributed by atoms with Crippen molar-refractivity contribution >= 4 is 11.6 Å². The molecule has 0 bridgehead atoms. The number of anilines is 1. The number of H-pyrrole nitrogens is 1. The van der Waals surface area contributed by atoms with Crippen molar-refractivity contribution in [2.24, 2.45) is 0 Å². The third kappa shape index (κ3) is 2.78. The first kappa shape index (κ1) is 12.0. The molecule has 6 nitrogen and oxygen atoms in total. The minimum atomic E-state index is -2.96. The Kier molecular flexibility index (Phi) is 3.46. The lowest BCUT2D eigenvalue weighted by Crippen LogP contribution is -2.14. The molecule has 18 heavy (non-hydrogen) atoms. The Labute approximate surface area is 100.0 Å². The number of benzene rings is 1. The first-order valence-corrected chi connectivity index (χ1v) is 4.88. The van der Waals surface area contributed by atoms with Gasteiger partial charge in [0, 0.05) is 0 Å². The number of rotatable bonds is 4. The van der Waals surface area contributed by atoms with E-state index in [4.69, 9.17) is 0 Å². The van der Waals surface area contributed by atoms with Gasteiger partial charge in [0.05, 0.1) is 11.9 Å². The van der Waals surface area contributed by atoms with Gasteiger partial charge in [-0.2, -0.15) is 24.2 Å². The number of carbonyl (C=O) groups excluding carboxylic acids is 1. The molecule has 0 fully saturated rings. The van der Waals surface area contributed by atoms with Crippen LogP contribution in [0.2, 0.25) is 0 Å². The number of aromatic nitrogens is 3. The maximum Gasteiger partial charge on any atom is 0.387 e. The van der Waals surface area contributed by atoms with Crippen molar-refractivity contribution in [1.29, 1.82) is 0 Å². The third-order valence-corrected chi connectivity index (χ3v) is 2.00. The molecule has 0 spiro atoms. The van der Waals surface area contributed by atoms with E-state index in [9.17, 15) is 13.6 Å². The fraction of sp³-hybridized carbons (Fsp3) is 0.100. The van der Waals surface area contributed by atoms with Crippen molar-refractivity contribution in [3.8, 4) is 5.75 Å². The molecular weight excluding hydrogens is 246 g/mol. The van der Waals surface area contributed by atoms with E-state index in [2.05, 4.69) is 25.5 Å².